The van der Waals surface area contributed by atoms with Crippen LogP contribution < -0.4 is 10.3 Å². The molecule has 0 radical (unpaired) electrons. The molecule has 3 aromatic rings. The number of nitrogens with zero attached hydrogens (tertiary/aromatic N) is 4. The number of aromatic nitrogens is 2. The van der Waals surface area contributed by atoms with E-state index < -0.39 is 0 Å². The molecule has 0 unspecified atom stereocenters. The third-order valence-corrected chi connectivity index (χ3v) is 5.77. The summed E-state index contributed by atoms with van der Waals surface area (Å²) in [5, 5.41) is 1.01. The number of pyridine rings is 2. The second-order valence-electron chi connectivity index (χ2n) is 7.81. The third-order valence-electron chi connectivity index (χ3n) is 5.77. The molecule has 0 aliphatic heterocycles. The molecule has 34 heavy (non-hydrogen) atoms. The van der Waals surface area contributed by atoms with Crippen molar-refractivity contribution in [2.75, 3.05) is 39.3 Å². The Morgan fingerprint density at radius 1 is 0.882 bits per heavy atom. The molecule has 6 nitrogen and oxygen atoms in total. The highest BCUT2D eigenvalue weighted by molar-refractivity contribution is 5.86. The fraction of sp³-hybridized carbons (Fsp3) is 0.440. The molecular weight excluding hydrogens is 495 g/mol. The predicted molar refractivity (Wildman–Crippen MR) is 148 cm³/mol. The maximum Gasteiger partial charge on any atom is 0.250 e. The van der Waals surface area contributed by atoms with Crippen LogP contribution in [0.25, 0.3) is 10.9 Å². The van der Waals surface area contributed by atoms with E-state index in [1.54, 1.807) is 17.7 Å². The van der Waals surface area contributed by atoms with Crippen molar-refractivity contribution in [3.63, 3.8) is 0 Å². The molecule has 0 fully saturated rings. The van der Waals surface area contributed by atoms with Crippen molar-refractivity contribution < 1.29 is 4.74 Å². The Morgan fingerprint density at radius 3 is 2.24 bits per heavy atom. The first-order valence-electron chi connectivity index (χ1n) is 11.2. The van der Waals surface area contributed by atoms with Gasteiger partial charge in [0, 0.05) is 57.1 Å². The molecule has 0 spiro atoms. The van der Waals surface area contributed by atoms with Crippen LogP contribution in [0.2, 0.25) is 0 Å². The van der Waals surface area contributed by atoms with Gasteiger partial charge >= 0.3 is 0 Å². The summed E-state index contributed by atoms with van der Waals surface area (Å²) in [6, 6.07) is 13.5. The topological polar surface area (TPSA) is 50.6 Å². The molecule has 0 amide bonds. The molecule has 0 saturated carbocycles. The first-order valence-corrected chi connectivity index (χ1v) is 11.2. The lowest BCUT2D eigenvalue weighted by Crippen LogP contribution is -2.35. The normalized spacial score (nSPS) is 10.5. The average molecular weight is 532 g/mol. The van der Waals surface area contributed by atoms with Crippen LogP contribution in [0.5, 0.6) is 5.75 Å². The first-order chi connectivity index (χ1) is 15.1. The average Bonchev–Trinajstić information content (AvgIpc) is 2.80. The minimum atomic E-state index is 0. The zero-order valence-corrected chi connectivity index (χ0v) is 22.6. The molecule has 0 aliphatic rings. The van der Waals surface area contributed by atoms with E-state index in [-0.39, 0.29) is 42.8 Å². The number of fused-ring (bicyclic) bond motifs is 1. The number of likely N-dealkylation sites (N-methyl/N-ethyl adjacent to an activating group) is 1. The molecule has 1 aromatic carbocycles. The Labute approximate surface area is 221 Å². The van der Waals surface area contributed by atoms with Gasteiger partial charge in [0.05, 0.1) is 12.1 Å². The van der Waals surface area contributed by atoms with E-state index in [1.807, 2.05) is 36.7 Å². The van der Waals surface area contributed by atoms with Crippen molar-refractivity contribution >= 4 is 48.1 Å². The van der Waals surface area contributed by atoms with Crippen LogP contribution in [0, 0.1) is 0 Å². The Kier molecular flexibility index (Phi) is 15.8. The van der Waals surface area contributed by atoms with Gasteiger partial charge in [-0.3, -0.25) is 14.7 Å². The van der Waals surface area contributed by atoms with Gasteiger partial charge < -0.3 is 14.2 Å². The maximum absolute atomic E-state index is 11.8. The number of benzene rings is 1. The maximum atomic E-state index is 11.8. The fourth-order valence-corrected chi connectivity index (χ4v) is 3.77. The fourth-order valence-electron chi connectivity index (χ4n) is 3.77. The van der Waals surface area contributed by atoms with Crippen LogP contribution in [0.15, 0.2) is 59.7 Å². The molecule has 2 aromatic heterocycles. The van der Waals surface area contributed by atoms with Gasteiger partial charge in [-0.1, -0.05) is 13.8 Å². The number of rotatable bonds is 12. The van der Waals surface area contributed by atoms with E-state index in [0.717, 1.165) is 62.3 Å². The van der Waals surface area contributed by atoms with Crippen molar-refractivity contribution in [3.05, 3.63) is 70.8 Å². The number of hydrogen-bond donors (Lipinski definition) is 0. The van der Waals surface area contributed by atoms with Crippen LogP contribution in [-0.2, 0) is 13.6 Å². The van der Waals surface area contributed by atoms with Gasteiger partial charge in [0.25, 0.3) is 5.56 Å². The Balaban J connectivity index is 0.00000363. The molecular formula is C25H37Cl3N4O2. The molecule has 0 N–H and O–H groups in total. The van der Waals surface area contributed by atoms with E-state index in [2.05, 4.69) is 40.8 Å². The molecule has 2 heterocycles. The predicted octanol–water partition coefficient (Wildman–Crippen LogP) is 4.81. The number of aryl methyl sites for hydroxylation is 1. The molecule has 0 atom stereocenters. The van der Waals surface area contributed by atoms with Crippen molar-refractivity contribution in [2.45, 2.75) is 26.8 Å². The SMILES string of the molecule is CCN(CC)CCN(CCCOc1ccc2c(ccc(=O)n2C)c1)Cc1ccncc1.Cl.Cl.Cl. The smallest absolute Gasteiger partial charge is 0.250 e. The van der Waals surface area contributed by atoms with E-state index >= 15 is 0 Å². The second-order valence-corrected chi connectivity index (χ2v) is 7.81. The van der Waals surface area contributed by atoms with E-state index in [4.69, 9.17) is 4.74 Å². The van der Waals surface area contributed by atoms with Gasteiger partial charge in [0.1, 0.15) is 5.75 Å². The standard InChI is InChI=1S/C25H34N4O2.3ClH/c1-4-28(5-2)16-17-29(20-21-11-13-26-14-12-21)15-6-18-31-23-8-9-24-22(19-23)7-10-25(30)27(24)3;;;/h7-14,19H,4-6,15-18,20H2,1-3H3;3*1H. The number of ether oxygens (including phenoxy) is 1. The Hall–Kier alpha value is -1.83. The van der Waals surface area contributed by atoms with E-state index in [0.29, 0.717) is 6.61 Å². The summed E-state index contributed by atoms with van der Waals surface area (Å²) >= 11 is 0. The summed E-state index contributed by atoms with van der Waals surface area (Å²) in [5.41, 5.74) is 2.20. The molecule has 3 rings (SSSR count). The molecule has 0 aliphatic carbocycles. The van der Waals surface area contributed by atoms with E-state index in [1.165, 1.54) is 5.56 Å². The van der Waals surface area contributed by atoms with Crippen LogP contribution in [-0.4, -0.2) is 58.7 Å². The number of halogens is 3. The monoisotopic (exact) mass is 530 g/mol. The van der Waals surface area contributed by atoms with Gasteiger partial charge in [-0.05, 0) is 61.5 Å². The molecule has 0 bridgehead atoms. The summed E-state index contributed by atoms with van der Waals surface area (Å²) < 4.78 is 7.68. The lowest BCUT2D eigenvalue weighted by atomic mass is 10.2. The lowest BCUT2D eigenvalue weighted by molar-refractivity contribution is 0.193. The minimum Gasteiger partial charge on any atom is -0.494 e. The lowest BCUT2D eigenvalue weighted by Gasteiger charge is -2.26. The van der Waals surface area contributed by atoms with Gasteiger partial charge in [-0.25, -0.2) is 0 Å². The van der Waals surface area contributed by atoms with Gasteiger partial charge in [-0.15, -0.1) is 37.2 Å². The van der Waals surface area contributed by atoms with Crippen molar-refractivity contribution in [3.8, 4) is 5.75 Å². The summed E-state index contributed by atoms with van der Waals surface area (Å²) in [6.07, 6.45) is 4.67. The number of hydrogen-bond acceptors (Lipinski definition) is 5. The van der Waals surface area contributed by atoms with Crippen LogP contribution in [0.1, 0.15) is 25.8 Å². The van der Waals surface area contributed by atoms with E-state index in [9.17, 15) is 4.79 Å². The van der Waals surface area contributed by atoms with Crippen molar-refractivity contribution in [2.24, 2.45) is 7.05 Å². The van der Waals surface area contributed by atoms with Crippen molar-refractivity contribution in [1.29, 1.82) is 0 Å². The highest BCUT2D eigenvalue weighted by Crippen LogP contribution is 2.19. The Morgan fingerprint density at radius 2 is 1.56 bits per heavy atom. The van der Waals surface area contributed by atoms with Crippen LogP contribution in [0.3, 0.4) is 0 Å². The van der Waals surface area contributed by atoms with Crippen LogP contribution in [0.4, 0.5) is 0 Å². The summed E-state index contributed by atoms with van der Waals surface area (Å²) in [5.74, 6) is 0.843. The van der Waals surface area contributed by atoms with Gasteiger partial charge in [0.15, 0.2) is 0 Å². The zero-order valence-electron chi connectivity index (χ0n) is 20.2. The van der Waals surface area contributed by atoms with Crippen molar-refractivity contribution in [1.82, 2.24) is 19.4 Å². The highest BCUT2D eigenvalue weighted by Gasteiger charge is 2.09. The van der Waals surface area contributed by atoms with Gasteiger partial charge in [0.2, 0.25) is 0 Å². The first kappa shape index (κ1) is 32.2. The summed E-state index contributed by atoms with van der Waals surface area (Å²) in [7, 11) is 1.79. The third kappa shape index (κ3) is 9.43. The minimum absolute atomic E-state index is 0. The summed E-state index contributed by atoms with van der Waals surface area (Å²) in [6.45, 7) is 11.3. The quantitative estimate of drug-likeness (QED) is 0.314. The second kappa shape index (κ2) is 16.7. The Bertz CT molecular complexity index is 1010. The van der Waals surface area contributed by atoms with Gasteiger partial charge in [-0.2, -0.15) is 0 Å². The molecule has 9 heteroatoms. The zero-order chi connectivity index (χ0) is 22.1. The van der Waals surface area contributed by atoms with Crippen LogP contribution >= 0.6 is 37.2 Å². The molecule has 190 valence electrons. The highest BCUT2D eigenvalue weighted by atomic mass is 35.5. The molecule has 0 saturated heterocycles. The summed E-state index contributed by atoms with van der Waals surface area (Å²) in [4.78, 5) is 20.9. The largest absolute Gasteiger partial charge is 0.494 e.